The molecule has 0 bridgehead atoms. The molecule has 1 unspecified atom stereocenters. The zero-order chi connectivity index (χ0) is 28.3. The summed E-state index contributed by atoms with van der Waals surface area (Å²) in [4.78, 5) is 40.3. The second kappa shape index (κ2) is 11.1. The van der Waals surface area contributed by atoms with E-state index in [0.29, 0.717) is 29.0 Å². The summed E-state index contributed by atoms with van der Waals surface area (Å²) in [7, 11) is 0. The van der Waals surface area contributed by atoms with E-state index >= 15 is 0 Å². The largest absolute Gasteiger partial charge is 0.451 e. The Morgan fingerprint density at radius 1 is 1.13 bits per heavy atom. The van der Waals surface area contributed by atoms with E-state index in [1.54, 1.807) is 36.9 Å². The minimum absolute atomic E-state index is 0.108. The van der Waals surface area contributed by atoms with Crippen LogP contribution in [0.25, 0.3) is 0 Å². The van der Waals surface area contributed by atoms with E-state index in [1.165, 1.54) is 6.07 Å². The first-order chi connectivity index (χ1) is 18.5. The number of hydrogen-bond acceptors (Lipinski definition) is 6. The van der Waals surface area contributed by atoms with Crippen molar-refractivity contribution in [3.05, 3.63) is 86.8 Å². The predicted octanol–water partition coefficient (Wildman–Crippen LogP) is 4.50. The van der Waals surface area contributed by atoms with Crippen LogP contribution in [0.3, 0.4) is 0 Å². The summed E-state index contributed by atoms with van der Waals surface area (Å²) >= 11 is 0. The molecule has 39 heavy (non-hydrogen) atoms. The predicted molar refractivity (Wildman–Crippen MR) is 146 cm³/mol. The van der Waals surface area contributed by atoms with Crippen molar-refractivity contribution >= 4 is 11.8 Å². The summed E-state index contributed by atoms with van der Waals surface area (Å²) in [5.41, 5.74) is 2.55. The number of nitrogens with one attached hydrogen (secondary N) is 2. The molecule has 4 rings (SSSR count). The molecule has 2 heterocycles. The highest BCUT2D eigenvalue weighted by atomic mass is 16.5. The van der Waals surface area contributed by atoms with E-state index in [9.17, 15) is 19.6 Å². The maximum atomic E-state index is 13.6. The molecule has 0 aliphatic carbocycles. The summed E-state index contributed by atoms with van der Waals surface area (Å²) in [5, 5.41) is 18.8. The van der Waals surface area contributed by atoms with Crippen LogP contribution in [0.4, 0.5) is 0 Å². The van der Waals surface area contributed by atoms with Crippen LogP contribution < -0.4 is 15.6 Å². The zero-order valence-electron chi connectivity index (χ0n) is 22.9. The number of likely N-dealkylation sites (tertiary alicyclic amines) is 1. The van der Waals surface area contributed by atoms with Crippen molar-refractivity contribution < 1.29 is 14.3 Å². The Bertz CT molecular complexity index is 1500. The van der Waals surface area contributed by atoms with Crippen LogP contribution in [-0.2, 0) is 4.79 Å². The molecule has 2 N–H and O–H groups in total. The second-order valence-electron chi connectivity index (χ2n) is 10.6. The third-order valence-corrected chi connectivity index (χ3v) is 7.18. The van der Waals surface area contributed by atoms with Crippen molar-refractivity contribution in [2.75, 3.05) is 6.54 Å². The molecule has 0 radical (unpaired) electrons. The third kappa shape index (κ3) is 6.01. The van der Waals surface area contributed by atoms with E-state index < -0.39 is 16.9 Å². The lowest BCUT2D eigenvalue weighted by Gasteiger charge is -2.36. The van der Waals surface area contributed by atoms with Gasteiger partial charge in [-0.15, -0.1) is 0 Å². The van der Waals surface area contributed by atoms with Crippen LogP contribution in [-0.4, -0.2) is 39.5 Å². The normalized spacial score (nSPS) is 17.0. The fourth-order valence-corrected chi connectivity index (χ4v) is 5.08. The van der Waals surface area contributed by atoms with Gasteiger partial charge in [-0.2, -0.15) is 10.4 Å². The van der Waals surface area contributed by atoms with Crippen LogP contribution in [0, 0.1) is 37.5 Å². The smallest absolute Gasteiger partial charge is 0.307 e. The van der Waals surface area contributed by atoms with Gasteiger partial charge in [-0.05, 0) is 76.8 Å². The first-order valence-electron chi connectivity index (χ1n) is 12.9. The van der Waals surface area contributed by atoms with Gasteiger partial charge in [0, 0.05) is 11.6 Å². The lowest BCUT2D eigenvalue weighted by atomic mass is 9.84. The highest BCUT2D eigenvalue weighted by Gasteiger charge is 2.45. The molecule has 1 aliphatic rings. The van der Waals surface area contributed by atoms with Crippen molar-refractivity contribution in [2.45, 2.75) is 59.5 Å². The number of carbonyl (C=O) groups is 2. The summed E-state index contributed by atoms with van der Waals surface area (Å²) in [6.45, 7) is 9.02. The first kappa shape index (κ1) is 27.6. The maximum Gasteiger partial charge on any atom is 0.307 e. The molecule has 1 aromatic heterocycles. The van der Waals surface area contributed by atoms with Gasteiger partial charge in [-0.25, -0.2) is 5.10 Å². The van der Waals surface area contributed by atoms with Gasteiger partial charge in [-0.3, -0.25) is 14.4 Å². The number of rotatable bonds is 7. The van der Waals surface area contributed by atoms with Crippen molar-refractivity contribution in [3.8, 4) is 17.6 Å². The fourth-order valence-electron chi connectivity index (χ4n) is 5.08. The van der Waals surface area contributed by atoms with E-state index in [0.717, 1.165) is 17.5 Å². The number of aryl methyl sites for hydroxylation is 3. The van der Waals surface area contributed by atoms with E-state index in [-0.39, 0.29) is 30.3 Å². The summed E-state index contributed by atoms with van der Waals surface area (Å²) in [6.07, 6.45) is 1.46. The molecule has 2 atom stereocenters. The number of H-pyrrole nitrogens is 1. The molecule has 0 spiro atoms. The van der Waals surface area contributed by atoms with Crippen LogP contribution in [0.15, 0.2) is 53.3 Å². The molecule has 0 saturated carbocycles. The minimum Gasteiger partial charge on any atom is -0.451 e. The van der Waals surface area contributed by atoms with Crippen molar-refractivity contribution in [3.63, 3.8) is 0 Å². The molecule has 2 aromatic carbocycles. The Hall–Kier alpha value is -4.45. The number of nitrogens with zero attached hydrogens (tertiary/aromatic N) is 3. The third-order valence-electron chi connectivity index (χ3n) is 7.18. The Morgan fingerprint density at radius 3 is 2.59 bits per heavy atom. The van der Waals surface area contributed by atoms with Crippen molar-refractivity contribution in [2.24, 2.45) is 5.41 Å². The quantitative estimate of drug-likeness (QED) is 0.466. The van der Waals surface area contributed by atoms with Gasteiger partial charge in [0.1, 0.15) is 5.75 Å². The van der Waals surface area contributed by atoms with Crippen LogP contribution in [0.1, 0.15) is 65.5 Å². The number of hydrogen-bond donors (Lipinski definition) is 2. The SMILES string of the molecule is Cc1cccc(C2CC[C@H](C(C)(C)C#N)N2C(=O)CNC(=O)c2ccc(Oc3cc(C)n[nH]c3=O)c(C)c2)c1. The lowest BCUT2D eigenvalue weighted by Crippen LogP contribution is -2.48. The molecule has 1 saturated heterocycles. The topological polar surface area (TPSA) is 128 Å². The van der Waals surface area contributed by atoms with Gasteiger partial charge >= 0.3 is 5.56 Å². The van der Waals surface area contributed by atoms with Gasteiger partial charge in [0.05, 0.1) is 35.8 Å². The van der Waals surface area contributed by atoms with Gasteiger partial charge in [-0.1, -0.05) is 29.8 Å². The van der Waals surface area contributed by atoms with Crippen LogP contribution >= 0.6 is 0 Å². The molecule has 9 nitrogen and oxygen atoms in total. The number of aromatic amines is 1. The lowest BCUT2D eigenvalue weighted by molar-refractivity contribution is -0.134. The average molecular weight is 528 g/mol. The van der Waals surface area contributed by atoms with Crippen LogP contribution in [0.5, 0.6) is 11.5 Å². The molecular weight excluding hydrogens is 494 g/mol. The summed E-state index contributed by atoms with van der Waals surface area (Å²) in [6, 6.07) is 16.4. The number of ether oxygens (including phenoxy) is 1. The minimum atomic E-state index is -0.736. The van der Waals surface area contributed by atoms with Gasteiger partial charge in [0.25, 0.3) is 5.91 Å². The molecule has 9 heteroatoms. The monoisotopic (exact) mass is 527 g/mol. The number of amides is 2. The fraction of sp³-hybridized carbons (Fsp3) is 0.367. The standard InChI is InChI=1S/C30H33N5O4/c1-18-7-6-8-21(13-18)23-10-12-26(30(4,5)17-31)35(23)27(36)16-32-28(37)22-9-11-24(19(2)14-22)39-25-15-20(3)33-34-29(25)38/h6-9,11,13-15,23,26H,10,12,16H2,1-5H3,(H,32,37)(H,34,38)/t23?,26-/m1/s1. The Morgan fingerprint density at radius 2 is 1.90 bits per heavy atom. The van der Waals surface area contributed by atoms with Gasteiger partial charge < -0.3 is 15.0 Å². The van der Waals surface area contributed by atoms with E-state index in [1.807, 2.05) is 39.0 Å². The summed E-state index contributed by atoms with van der Waals surface area (Å²) in [5.74, 6) is -0.0990. The number of benzene rings is 2. The maximum absolute atomic E-state index is 13.6. The first-order valence-corrected chi connectivity index (χ1v) is 12.9. The van der Waals surface area contributed by atoms with Gasteiger partial charge in [0.2, 0.25) is 5.91 Å². The van der Waals surface area contributed by atoms with Crippen molar-refractivity contribution in [1.82, 2.24) is 20.4 Å². The summed E-state index contributed by atoms with van der Waals surface area (Å²) < 4.78 is 5.74. The highest BCUT2D eigenvalue weighted by molar-refractivity contribution is 5.97. The second-order valence-corrected chi connectivity index (χ2v) is 10.6. The average Bonchev–Trinajstić information content (AvgIpc) is 3.37. The van der Waals surface area contributed by atoms with Crippen molar-refractivity contribution in [1.29, 1.82) is 5.26 Å². The van der Waals surface area contributed by atoms with E-state index in [2.05, 4.69) is 27.6 Å². The Balaban J connectivity index is 1.49. The zero-order valence-corrected chi connectivity index (χ0v) is 22.9. The van der Waals surface area contributed by atoms with E-state index in [4.69, 9.17) is 4.74 Å². The number of carbonyl (C=O) groups excluding carboxylic acids is 2. The van der Waals surface area contributed by atoms with Gasteiger partial charge in [0.15, 0.2) is 5.75 Å². The Labute approximate surface area is 227 Å². The number of nitriles is 1. The molecule has 1 aliphatic heterocycles. The number of aromatic nitrogens is 2. The molecule has 202 valence electrons. The Kier molecular flexibility index (Phi) is 7.86. The molecule has 1 fully saturated rings. The highest BCUT2D eigenvalue weighted by Crippen LogP contribution is 2.43. The van der Waals surface area contributed by atoms with Crippen LogP contribution in [0.2, 0.25) is 0 Å². The molecule has 3 aromatic rings. The molecule has 2 amide bonds. The molecular formula is C30H33N5O4.